The van der Waals surface area contributed by atoms with E-state index in [2.05, 4.69) is 0 Å². The van der Waals surface area contributed by atoms with Crippen LogP contribution in [0.2, 0.25) is 0 Å². The monoisotopic (exact) mass is 320 g/mol. The molecule has 0 heterocycles. The molecule has 1 aromatic rings. The molecule has 0 amide bonds. The van der Waals surface area contributed by atoms with E-state index in [1.807, 2.05) is 38.1 Å². The zero-order valence-corrected chi connectivity index (χ0v) is 14.3. The van der Waals surface area contributed by atoms with Crippen LogP contribution >= 0.6 is 0 Å². The van der Waals surface area contributed by atoms with Gasteiger partial charge in [0, 0.05) is 11.3 Å². The van der Waals surface area contributed by atoms with Crippen molar-refractivity contribution in [3.63, 3.8) is 0 Å². The molecular weight excluding hydrogens is 296 g/mol. The van der Waals surface area contributed by atoms with Gasteiger partial charge >= 0.3 is 11.9 Å². The van der Waals surface area contributed by atoms with Crippen molar-refractivity contribution < 1.29 is 23.8 Å². The van der Waals surface area contributed by atoms with Gasteiger partial charge in [-0.15, -0.1) is 0 Å². The minimum atomic E-state index is -1.28. The maximum Gasteiger partial charge on any atom is 0.324 e. The third-order valence-electron chi connectivity index (χ3n) is 4.73. The lowest BCUT2D eigenvalue weighted by Crippen LogP contribution is -2.34. The average molecular weight is 320 g/mol. The van der Waals surface area contributed by atoms with Crippen molar-refractivity contribution in [3.05, 3.63) is 29.8 Å². The molecule has 23 heavy (non-hydrogen) atoms. The van der Waals surface area contributed by atoms with Crippen LogP contribution < -0.4 is 4.74 Å². The van der Waals surface area contributed by atoms with Gasteiger partial charge in [0.15, 0.2) is 5.41 Å². The lowest BCUT2D eigenvalue weighted by molar-refractivity contribution is -0.166. The highest BCUT2D eigenvalue weighted by atomic mass is 16.6. The maximum absolute atomic E-state index is 12.6. The second-order valence-corrected chi connectivity index (χ2v) is 6.18. The van der Waals surface area contributed by atoms with Gasteiger partial charge in [-0.05, 0) is 31.5 Å². The SMILES string of the molecule is CCOC(=O)C1(C(=O)OCC)C(c2ccc(OC)cc2)C1(C)C. The third-order valence-corrected chi connectivity index (χ3v) is 4.73. The summed E-state index contributed by atoms with van der Waals surface area (Å²) in [5.41, 5.74) is -0.954. The molecular formula is C18H24O5. The summed E-state index contributed by atoms with van der Waals surface area (Å²) in [5, 5.41) is 0. The first-order valence-electron chi connectivity index (χ1n) is 7.86. The van der Waals surface area contributed by atoms with E-state index in [0.29, 0.717) is 0 Å². The number of rotatable bonds is 6. The minimum absolute atomic E-state index is 0.228. The number of hydrogen-bond acceptors (Lipinski definition) is 5. The summed E-state index contributed by atoms with van der Waals surface area (Å²) in [7, 11) is 1.59. The van der Waals surface area contributed by atoms with Gasteiger partial charge in [0.25, 0.3) is 0 Å². The molecule has 0 aromatic heterocycles. The van der Waals surface area contributed by atoms with Gasteiger partial charge < -0.3 is 14.2 Å². The normalized spacial score (nSPS) is 20.5. The van der Waals surface area contributed by atoms with Crippen molar-refractivity contribution in [1.82, 2.24) is 0 Å². The third kappa shape index (κ3) is 2.48. The largest absolute Gasteiger partial charge is 0.497 e. The first-order chi connectivity index (χ1) is 10.9. The number of hydrogen-bond donors (Lipinski definition) is 0. The van der Waals surface area contributed by atoms with E-state index in [0.717, 1.165) is 11.3 Å². The van der Waals surface area contributed by atoms with Crippen molar-refractivity contribution in [2.24, 2.45) is 10.8 Å². The first-order valence-corrected chi connectivity index (χ1v) is 7.86. The van der Waals surface area contributed by atoms with E-state index in [4.69, 9.17) is 14.2 Å². The lowest BCUT2D eigenvalue weighted by atomic mass is 9.95. The molecule has 1 aliphatic rings. The summed E-state index contributed by atoms with van der Waals surface area (Å²) >= 11 is 0. The molecule has 1 atom stereocenters. The molecule has 1 aromatic carbocycles. The Morgan fingerprint density at radius 1 is 1.00 bits per heavy atom. The molecule has 0 N–H and O–H groups in total. The number of carbonyl (C=O) groups excluding carboxylic acids is 2. The molecule has 126 valence electrons. The number of benzene rings is 1. The van der Waals surface area contributed by atoms with Crippen molar-refractivity contribution in [2.75, 3.05) is 20.3 Å². The van der Waals surface area contributed by atoms with Crippen molar-refractivity contribution in [3.8, 4) is 5.75 Å². The number of methoxy groups -OCH3 is 1. The van der Waals surface area contributed by atoms with Crippen LogP contribution in [0.5, 0.6) is 5.75 Å². The highest BCUT2D eigenvalue weighted by Crippen LogP contribution is 2.75. The Morgan fingerprint density at radius 3 is 1.87 bits per heavy atom. The Balaban J connectivity index is 2.44. The number of carbonyl (C=O) groups is 2. The van der Waals surface area contributed by atoms with Crippen LogP contribution in [0.4, 0.5) is 0 Å². The summed E-state index contributed by atoms with van der Waals surface area (Å²) in [5.74, 6) is -0.572. The molecule has 0 bridgehead atoms. The molecule has 0 saturated heterocycles. The van der Waals surface area contributed by atoms with Crippen molar-refractivity contribution in [2.45, 2.75) is 33.6 Å². The van der Waals surface area contributed by atoms with Crippen LogP contribution in [-0.2, 0) is 19.1 Å². The zero-order valence-electron chi connectivity index (χ0n) is 14.3. The van der Waals surface area contributed by atoms with E-state index in [9.17, 15) is 9.59 Å². The second-order valence-electron chi connectivity index (χ2n) is 6.18. The van der Waals surface area contributed by atoms with Gasteiger partial charge in [-0.2, -0.15) is 0 Å². The predicted octanol–water partition coefficient (Wildman–Crippen LogP) is 2.93. The van der Waals surface area contributed by atoms with Crippen LogP contribution in [0.3, 0.4) is 0 Å². The number of ether oxygens (including phenoxy) is 3. The Bertz CT molecular complexity index is 570. The quantitative estimate of drug-likeness (QED) is 0.596. The van der Waals surface area contributed by atoms with Crippen LogP contribution in [0.25, 0.3) is 0 Å². The molecule has 0 radical (unpaired) electrons. The summed E-state index contributed by atoms with van der Waals surface area (Å²) in [4.78, 5) is 25.2. The Hall–Kier alpha value is -2.04. The standard InChI is InChI=1S/C18H24O5/c1-6-22-15(19)18(16(20)23-7-2)14(17(18,3)4)12-8-10-13(21-5)11-9-12/h8-11,14H,6-7H2,1-5H3. The topological polar surface area (TPSA) is 61.8 Å². The molecule has 0 aliphatic heterocycles. The molecule has 0 spiro atoms. The highest BCUT2D eigenvalue weighted by Gasteiger charge is 2.82. The predicted molar refractivity (Wildman–Crippen MR) is 85.2 cm³/mol. The zero-order chi connectivity index (χ0) is 17.3. The van der Waals surface area contributed by atoms with Crippen molar-refractivity contribution >= 4 is 11.9 Å². The minimum Gasteiger partial charge on any atom is -0.497 e. The van der Waals surface area contributed by atoms with E-state index in [1.165, 1.54) is 0 Å². The van der Waals surface area contributed by atoms with Crippen LogP contribution in [0.1, 0.15) is 39.2 Å². The Labute approximate surface area is 136 Å². The fourth-order valence-electron chi connectivity index (χ4n) is 3.56. The first kappa shape index (κ1) is 17.3. The molecule has 1 unspecified atom stereocenters. The molecule has 1 aliphatic carbocycles. The van der Waals surface area contributed by atoms with Gasteiger partial charge in [0.2, 0.25) is 0 Å². The van der Waals surface area contributed by atoms with Crippen LogP contribution in [0.15, 0.2) is 24.3 Å². The van der Waals surface area contributed by atoms with Crippen molar-refractivity contribution in [1.29, 1.82) is 0 Å². The molecule has 2 rings (SSSR count). The van der Waals surface area contributed by atoms with E-state index >= 15 is 0 Å². The average Bonchev–Trinajstić information content (AvgIpc) is 3.05. The molecule has 1 saturated carbocycles. The van der Waals surface area contributed by atoms with E-state index in [-0.39, 0.29) is 19.1 Å². The van der Waals surface area contributed by atoms with E-state index < -0.39 is 22.8 Å². The summed E-state index contributed by atoms with van der Waals surface area (Å²) in [6, 6.07) is 7.41. The van der Waals surface area contributed by atoms with E-state index in [1.54, 1.807) is 21.0 Å². The summed E-state index contributed by atoms with van der Waals surface area (Å²) in [6.07, 6.45) is 0. The fourth-order valence-corrected chi connectivity index (χ4v) is 3.56. The second kappa shape index (κ2) is 6.22. The molecule has 1 fully saturated rings. The molecule has 5 nitrogen and oxygen atoms in total. The summed E-state index contributed by atoms with van der Waals surface area (Å²) in [6.45, 7) is 7.71. The smallest absolute Gasteiger partial charge is 0.324 e. The lowest BCUT2D eigenvalue weighted by Gasteiger charge is -2.17. The van der Waals surface area contributed by atoms with Gasteiger partial charge in [-0.1, -0.05) is 26.0 Å². The van der Waals surface area contributed by atoms with Gasteiger partial charge in [0.1, 0.15) is 5.75 Å². The van der Waals surface area contributed by atoms with Crippen LogP contribution in [0, 0.1) is 10.8 Å². The maximum atomic E-state index is 12.6. The highest BCUT2D eigenvalue weighted by molar-refractivity contribution is 6.07. The van der Waals surface area contributed by atoms with Gasteiger partial charge in [-0.3, -0.25) is 9.59 Å². The number of esters is 2. The Kier molecular flexibility index (Phi) is 4.68. The fraction of sp³-hybridized carbons (Fsp3) is 0.556. The van der Waals surface area contributed by atoms with Gasteiger partial charge in [-0.25, -0.2) is 0 Å². The molecule has 5 heteroatoms. The van der Waals surface area contributed by atoms with Crippen LogP contribution in [-0.4, -0.2) is 32.3 Å². The van der Waals surface area contributed by atoms with Gasteiger partial charge in [0.05, 0.1) is 20.3 Å². The Morgan fingerprint density at radius 2 is 1.48 bits per heavy atom. The summed E-state index contributed by atoms with van der Waals surface area (Å²) < 4.78 is 15.6.